The smallest absolute Gasteiger partial charge is 0.352 e. The molecule has 1 rings (SSSR count). The molecule has 0 aromatic rings. The molecule has 0 saturated carbocycles. The van der Waals surface area contributed by atoms with Crippen LogP contribution in [0.5, 0.6) is 0 Å². The second kappa shape index (κ2) is 18.0. The Morgan fingerprint density at radius 1 is 0.769 bits per heavy atom. The normalized spacial score (nSPS) is 16.7. The van der Waals surface area contributed by atoms with Gasteiger partial charge in [0.05, 0.1) is 6.61 Å². The van der Waals surface area contributed by atoms with Crippen LogP contribution in [-0.2, 0) is 14.2 Å². The molecule has 4 heteroatoms. The molecule has 1 aliphatic heterocycles. The fourth-order valence-electron chi connectivity index (χ4n) is 3.41. The van der Waals surface area contributed by atoms with Crippen LogP contribution in [0.4, 0.5) is 0 Å². The molecule has 0 aromatic carbocycles. The van der Waals surface area contributed by atoms with E-state index in [0.29, 0.717) is 13.2 Å². The lowest BCUT2D eigenvalue weighted by Gasteiger charge is -2.08. The Kier molecular flexibility index (Phi) is 16.4. The third-order valence-electron chi connectivity index (χ3n) is 5.10. The van der Waals surface area contributed by atoms with E-state index in [9.17, 15) is 0 Å². The molecule has 1 heterocycles. The van der Waals surface area contributed by atoms with Crippen molar-refractivity contribution in [3.63, 3.8) is 0 Å². The van der Waals surface area contributed by atoms with Crippen LogP contribution in [-0.4, -0.2) is 31.2 Å². The van der Waals surface area contributed by atoms with E-state index in [1.807, 2.05) is 0 Å². The molecule has 1 aliphatic rings. The summed E-state index contributed by atoms with van der Waals surface area (Å²) < 4.78 is 16.0. The van der Waals surface area contributed by atoms with Crippen molar-refractivity contribution in [3.8, 4) is 0 Å². The molecule has 0 radical (unpaired) electrons. The first-order valence-corrected chi connectivity index (χ1v) is 11.6. The Balaban J connectivity index is 1.65. The van der Waals surface area contributed by atoms with Gasteiger partial charge in [0.2, 0.25) is 0 Å². The van der Waals surface area contributed by atoms with E-state index in [0.717, 1.165) is 13.0 Å². The maximum absolute atomic E-state index is 5.62. The minimum Gasteiger partial charge on any atom is -0.453 e. The Hall–Kier alpha value is -0.350. The van der Waals surface area contributed by atoms with Crippen LogP contribution in [0.2, 0.25) is 0 Å². The summed E-state index contributed by atoms with van der Waals surface area (Å²) in [6.07, 6.45) is 22.4. The van der Waals surface area contributed by atoms with E-state index in [1.54, 1.807) is 0 Å². The molecule has 1 saturated heterocycles. The van der Waals surface area contributed by atoms with E-state index in [4.69, 9.17) is 26.4 Å². The zero-order valence-electron chi connectivity index (χ0n) is 17.1. The number of rotatable bonds is 19. The fraction of sp³-hybridized carbons (Fsp3) is 0.955. The maximum Gasteiger partial charge on any atom is 0.352 e. The van der Waals surface area contributed by atoms with Gasteiger partial charge < -0.3 is 14.2 Å². The highest BCUT2D eigenvalue weighted by atomic mass is 32.1. The molecule has 3 nitrogen and oxygen atoms in total. The summed E-state index contributed by atoms with van der Waals surface area (Å²) in [5.41, 5.74) is 0. The molecule has 1 atom stereocenters. The molecular weight excluding hydrogens is 344 g/mol. The number of unbranched alkanes of at least 4 members (excludes halogenated alkanes) is 15. The van der Waals surface area contributed by atoms with Crippen LogP contribution >= 0.6 is 12.2 Å². The topological polar surface area (TPSA) is 27.7 Å². The van der Waals surface area contributed by atoms with Crippen molar-refractivity contribution in [1.29, 1.82) is 0 Å². The molecule has 1 unspecified atom stereocenters. The molecule has 0 spiro atoms. The van der Waals surface area contributed by atoms with E-state index in [-0.39, 0.29) is 11.3 Å². The maximum atomic E-state index is 5.62. The summed E-state index contributed by atoms with van der Waals surface area (Å²) >= 11 is 4.82. The summed E-state index contributed by atoms with van der Waals surface area (Å²) in [6, 6.07) is 0. The summed E-state index contributed by atoms with van der Waals surface area (Å²) in [6.45, 7) is 4.25. The van der Waals surface area contributed by atoms with Gasteiger partial charge in [-0.05, 0) is 6.42 Å². The number of ether oxygens (including phenoxy) is 3. The first kappa shape index (κ1) is 23.7. The van der Waals surface area contributed by atoms with E-state index in [1.165, 1.54) is 96.3 Å². The van der Waals surface area contributed by atoms with E-state index < -0.39 is 0 Å². The van der Waals surface area contributed by atoms with Gasteiger partial charge in [0.1, 0.15) is 6.61 Å². The van der Waals surface area contributed by atoms with Gasteiger partial charge in [0.15, 0.2) is 6.10 Å². The van der Waals surface area contributed by atoms with Crippen LogP contribution in [0.1, 0.15) is 110 Å². The van der Waals surface area contributed by atoms with Crippen LogP contribution < -0.4 is 0 Å². The van der Waals surface area contributed by atoms with Crippen molar-refractivity contribution in [2.75, 3.05) is 19.8 Å². The quantitative estimate of drug-likeness (QED) is 0.177. The second-order valence-corrected chi connectivity index (χ2v) is 8.01. The highest BCUT2D eigenvalue weighted by molar-refractivity contribution is 7.79. The number of hydrogen-bond acceptors (Lipinski definition) is 4. The van der Waals surface area contributed by atoms with Crippen LogP contribution in [0, 0.1) is 0 Å². The average molecular weight is 387 g/mol. The number of thiocarbonyl (C=S) groups is 1. The van der Waals surface area contributed by atoms with Crippen LogP contribution in [0.3, 0.4) is 0 Å². The highest BCUT2D eigenvalue weighted by Crippen LogP contribution is 2.14. The van der Waals surface area contributed by atoms with Crippen LogP contribution in [0.15, 0.2) is 0 Å². The standard InChI is InChI=1S/C22H42O3S/c1-2-3-4-5-6-7-8-9-10-11-12-13-14-15-16-17-18-23-19-21-20-24-22(26)25-21/h21H,2-20H2,1H3. The summed E-state index contributed by atoms with van der Waals surface area (Å²) in [7, 11) is 0. The van der Waals surface area contributed by atoms with Crippen molar-refractivity contribution >= 4 is 17.5 Å². The molecule has 0 aliphatic carbocycles. The Morgan fingerprint density at radius 2 is 1.23 bits per heavy atom. The molecule has 0 aromatic heterocycles. The first-order chi connectivity index (χ1) is 12.8. The Morgan fingerprint density at radius 3 is 1.65 bits per heavy atom. The molecule has 0 amide bonds. The van der Waals surface area contributed by atoms with Crippen molar-refractivity contribution < 1.29 is 14.2 Å². The van der Waals surface area contributed by atoms with Crippen molar-refractivity contribution in [3.05, 3.63) is 0 Å². The lowest BCUT2D eigenvalue weighted by Crippen LogP contribution is -2.18. The summed E-state index contributed by atoms with van der Waals surface area (Å²) in [4.78, 5) is 0. The zero-order valence-corrected chi connectivity index (χ0v) is 18.0. The Bertz CT molecular complexity index is 323. The minimum atomic E-state index is 0.00329. The lowest BCUT2D eigenvalue weighted by atomic mass is 10.0. The monoisotopic (exact) mass is 386 g/mol. The molecule has 0 N–H and O–H groups in total. The predicted molar refractivity (Wildman–Crippen MR) is 114 cm³/mol. The van der Waals surface area contributed by atoms with Gasteiger partial charge in [-0.1, -0.05) is 103 Å². The molecule has 0 bridgehead atoms. The van der Waals surface area contributed by atoms with Crippen molar-refractivity contribution in [2.45, 2.75) is 116 Å². The van der Waals surface area contributed by atoms with Crippen molar-refractivity contribution in [1.82, 2.24) is 0 Å². The third-order valence-corrected chi connectivity index (χ3v) is 5.31. The SMILES string of the molecule is CCCCCCCCCCCCCCCCCCOCC1COC(=S)O1. The fourth-order valence-corrected chi connectivity index (χ4v) is 3.62. The van der Waals surface area contributed by atoms with Gasteiger partial charge in [-0.15, -0.1) is 0 Å². The van der Waals surface area contributed by atoms with Gasteiger partial charge in [-0.25, -0.2) is 0 Å². The molecule has 26 heavy (non-hydrogen) atoms. The minimum absolute atomic E-state index is 0.00329. The summed E-state index contributed by atoms with van der Waals surface area (Å²) in [5.74, 6) is 0. The molecule has 1 fully saturated rings. The van der Waals surface area contributed by atoms with E-state index >= 15 is 0 Å². The average Bonchev–Trinajstić information content (AvgIpc) is 3.06. The van der Waals surface area contributed by atoms with Crippen LogP contribution in [0.25, 0.3) is 0 Å². The number of hydrogen-bond donors (Lipinski definition) is 0. The molecular formula is C22H42O3S. The van der Waals surface area contributed by atoms with E-state index in [2.05, 4.69) is 6.92 Å². The largest absolute Gasteiger partial charge is 0.453 e. The van der Waals surface area contributed by atoms with Gasteiger partial charge in [0, 0.05) is 18.8 Å². The predicted octanol–water partition coefficient (Wildman–Crippen LogP) is 6.96. The first-order valence-electron chi connectivity index (χ1n) is 11.2. The van der Waals surface area contributed by atoms with Gasteiger partial charge in [0.25, 0.3) is 0 Å². The summed E-state index contributed by atoms with van der Waals surface area (Å²) in [5, 5.41) is 0.265. The van der Waals surface area contributed by atoms with Crippen molar-refractivity contribution in [2.24, 2.45) is 0 Å². The van der Waals surface area contributed by atoms with Gasteiger partial charge >= 0.3 is 5.24 Å². The highest BCUT2D eigenvalue weighted by Gasteiger charge is 2.21. The zero-order chi connectivity index (χ0) is 18.7. The molecule has 154 valence electrons. The van der Waals surface area contributed by atoms with Gasteiger partial charge in [-0.3, -0.25) is 0 Å². The lowest BCUT2D eigenvalue weighted by molar-refractivity contribution is 0.0558. The third kappa shape index (κ3) is 14.8. The Labute approximate surface area is 167 Å². The second-order valence-electron chi connectivity index (χ2n) is 7.68. The van der Waals surface area contributed by atoms with Gasteiger partial charge in [-0.2, -0.15) is 0 Å².